The van der Waals surface area contributed by atoms with E-state index in [2.05, 4.69) is 5.32 Å². The molecule has 1 aliphatic rings. The zero-order chi connectivity index (χ0) is 12.0. The van der Waals surface area contributed by atoms with Crippen molar-refractivity contribution in [1.82, 2.24) is 5.32 Å². The van der Waals surface area contributed by atoms with Crippen LogP contribution in [0.25, 0.3) is 0 Å². The zero-order valence-electron chi connectivity index (χ0n) is 10.4. The van der Waals surface area contributed by atoms with Crippen molar-refractivity contribution in [2.24, 2.45) is 5.92 Å². The molecule has 16 heavy (non-hydrogen) atoms. The van der Waals surface area contributed by atoms with Crippen molar-refractivity contribution in [3.63, 3.8) is 0 Å². The van der Waals surface area contributed by atoms with Crippen LogP contribution in [0.1, 0.15) is 33.1 Å². The largest absolute Gasteiger partial charge is 0.396 e. The highest BCUT2D eigenvalue weighted by atomic mass is 16.5. The molecule has 0 aromatic rings. The lowest BCUT2D eigenvalue weighted by Gasteiger charge is -2.27. The molecule has 1 fully saturated rings. The van der Waals surface area contributed by atoms with Crippen molar-refractivity contribution in [2.45, 2.75) is 44.8 Å². The molecule has 0 aromatic heterocycles. The van der Waals surface area contributed by atoms with Gasteiger partial charge in [0.05, 0.1) is 12.7 Å². The monoisotopic (exact) mass is 231 g/mol. The van der Waals surface area contributed by atoms with Crippen LogP contribution in [0.5, 0.6) is 0 Å². The summed E-state index contributed by atoms with van der Waals surface area (Å²) >= 11 is 0. The fourth-order valence-corrected chi connectivity index (χ4v) is 1.48. The summed E-state index contributed by atoms with van der Waals surface area (Å²) in [6, 6.07) is 0. The van der Waals surface area contributed by atoms with E-state index >= 15 is 0 Å². The maximum Gasteiger partial charge on any atom is 0.0897 e. The fraction of sp³-hybridized carbons (Fsp3) is 1.00. The molecule has 0 bridgehead atoms. The van der Waals surface area contributed by atoms with Gasteiger partial charge in [0.2, 0.25) is 0 Å². The lowest BCUT2D eigenvalue weighted by Crippen LogP contribution is -2.45. The molecule has 1 aliphatic carbocycles. The average Bonchev–Trinajstić information content (AvgIpc) is 2.99. The molecule has 4 heteroatoms. The maximum absolute atomic E-state index is 9.66. The van der Waals surface area contributed by atoms with Crippen molar-refractivity contribution in [3.8, 4) is 0 Å². The first-order valence-corrected chi connectivity index (χ1v) is 6.15. The first-order chi connectivity index (χ1) is 7.53. The van der Waals surface area contributed by atoms with Crippen LogP contribution < -0.4 is 5.32 Å². The van der Waals surface area contributed by atoms with Gasteiger partial charge in [-0.15, -0.1) is 0 Å². The molecule has 1 atom stereocenters. The highest BCUT2D eigenvalue weighted by molar-refractivity contribution is 4.78. The zero-order valence-corrected chi connectivity index (χ0v) is 10.4. The van der Waals surface area contributed by atoms with E-state index in [0.717, 1.165) is 12.5 Å². The molecule has 0 amide bonds. The van der Waals surface area contributed by atoms with E-state index in [1.165, 1.54) is 12.8 Å². The molecular weight excluding hydrogens is 206 g/mol. The summed E-state index contributed by atoms with van der Waals surface area (Å²) < 4.78 is 5.41. The van der Waals surface area contributed by atoms with E-state index in [1.54, 1.807) is 0 Å². The molecule has 96 valence electrons. The number of nitrogens with one attached hydrogen (secondary N) is 1. The SMILES string of the molecule is CC(C)(CCO)NCC(O)COCC1CC1. The van der Waals surface area contributed by atoms with E-state index < -0.39 is 6.10 Å². The molecule has 3 N–H and O–H groups in total. The number of ether oxygens (including phenoxy) is 1. The van der Waals surface area contributed by atoms with Crippen LogP contribution in [0.4, 0.5) is 0 Å². The third-order valence-electron chi connectivity index (χ3n) is 2.91. The summed E-state index contributed by atoms with van der Waals surface area (Å²) in [5.41, 5.74) is -0.133. The van der Waals surface area contributed by atoms with E-state index in [-0.39, 0.29) is 12.1 Å². The van der Waals surface area contributed by atoms with Crippen molar-refractivity contribution >= 4 is 0 Å². The van der Waals surface area contributed by atoms with Crippen LogP contribution in [0, 0.1) is 5.92 Å². The molecule has 1 rings (SSSR count). The van der Waals surface area contributed by atoms with Crippen LogP contribution in [-0.4, -0.2) is 48.2 Å². The van der Waals surface area contributed by atoms with Crippen molar-refractivity contribution < 1.29 is 14.9 Å². The second-order valence-corrected chi connectivity index (χ2v) is 5.37. The van der Waals surface area contributed by atoms with Gasteiger partial charge < -0.3 is 20.3 Å². The molecule has 4 nitrogen and oxygen atoms in total. The Morgan fingerprint density at radius 1 is 1.44 bits per heavy atom. The van der Waals surface area contributed by atoms with Gasteiger partial charge >= 0.3 is 0 Å². The minimum atomic E-state index is -0.461. The Bertz CT molecular complexity index is 193. The quantitative estimate of drug-likeness (QED) is 0.541. The van der Waals surface area contributed by atoms with Crippen molar-refractivity contribution in [3.05, 3.63) is 0 Å². The van der Waals surface area contributed by atoms with Gasteiger partial charge in [0.15, 0.2) is 0 Å². The maximum atomic E-state index is 9.66. The lowest BCUT2D eigenvalue weighted by molar-refractivity contribution is 0.0285. The molecule has 0 aliphatic heterocycles. The first kappa shape index (κ1) is 13.9. The van der Waals surface area contributed by atoms with Crippen LogP contribution in [0.3, 0.4) is 0 Å². The Morgan fingerprint density at radius 3 is 2.69 bits per heavy atom. The fourth-order valence-electron chi connectivity index (χ4n) is 1.48. The summed E-state index contributed by atoms with van der Waals surface area (Å²) in [4.78, 5) is 0. The van der Waals surface area contributed by atoms with Gasteiger partial charge in [0.25, 0.3) is 0 Å². The van der Waals surface area contributed by atoms with Gasteiger partial charge in [-0.25, -0.2) is 0 Å². The number of rotatable bonds is 9. The third kappa shape index (κ3) is 6.43. The lowest BCUT2D eigenvalue weighted by atomic mass is 10.0. The normalized spacial score (nSPS) is 18.8. The van der Waals surface area contributed by atoms with Crippen LogP contribution in [0.2, 0.25) is 0 Å². The minimum absolute atomic E-state index is 0.133. The van der Waals surface area contributed by atoms with Gasteiger partial charge in [-0.05, 0) is 39.0 Å². The Morgan fingerprint density at radius 2 is 2.12 bits per heavy atom. The summed E-state index contributed by atoms with van der Waals surface area (Å²) in [5.74, 6) is 0.742. The van der Waals surface area contributed by atoms with E-state index in [0.29, 0.717) is 19.6 Å². The number of hydrogen-bond donors (Lipinski definition) is 3. The molecule has 0 spiro atoms. The first-order valence-electron chi connectivity index (χ1n) is 6.15. The summed E-state index contributed by atoms with van der Waals surface area (Å²) in [7, 11) is 0. The topological polar surface area (TPSA) is 61.7 Å². The Balaban J connectivity index is 2.01. The Kier molecular flexibility index (Phi) is 5.69. The van der Waals surface area contributed by atoms with Crippen molar-refractivity contribution in [1.29, 1.82) is 0 Å². The Labute approximate surface area is 98.0 Å². The Hall–Kier alpha value is -0.160. The predicted octanol–water partition coefficient (Wildman–Crippen LogP) is 0.524. The van der Waals surface area contributed by atoms with Gasteiger partial charge in [-0.3, -0.25) is 0 Å². The molecule has 1 unspecified atom stereocenters. The summed E-state index contributed by atoms with van der Waals surface area (Å²) in [5, 5.41) is 21.7. The average molecular weight is 231 g/mol. The van der Waals surface area contributed by atoms with Crippen LogP contribution in [0.15, 0.2) is 0 Å². The third-order valence-corrected chi connectivity index (χ3v) is 2.91. The number of aliphatic hydroxyl groups is 2. The molecule has 0 aromatic carbocycles. The molecule has 0 heterocycles. The smallest absolute Gasteiger partial charge is 0.0897 e. The molecule has 0 radical (unpaired) electrons. The highest BCUT2D eigenvalue weighted by Gasteiger charge is 2.22. The summed E-state index contributed by atoms with van der Waals surface area (Å²) in [6.07, 6.45) is 2.77. The predicted molar refractivity (Wildman–Crippen MR) is 63.3 cm³/mol. The second-order valence-electron chi connectivity index (χ2n) is 5.37. The molecule has 0 saturated heterocycles. The molecule has 1 saturated carbocycles. The standard InChI is InChI=1S/C12H25NO3/c1-12(2,5-6-14)13-7-11(15)9-16-8-10-3-4-10/h10-11,13-15H,3-9H2,1-2H3. The highest BCUT2D eigenvalue weighted by Crippen LogP contribution is 2.28. The number of aliphatic hydroxyl groups excluding tert-OH is 2. The van der Waals surface area contributed by atoms with Gasteiger partial charge in [0.1, 0.15) is 0 Å². The van der Waals surface area contributed by atoms with Gasteiger partial charge in [0, 0.05) is 25.3 Å². The van der Waals surface area contributed by atoms with E-state index in [4.69, 9.17) is 9.84 Å². The molecular formula is C12H25NO3. The number of hydrogen-bond acceptors (Lipinski definition) is 4. The van der Waals surface area contributed by atoms with E-state index in [9.17, 15) is 5.11 Å². The number of β-amino-alcohol motifs (C(OH)–C–C–N with tert-alkyl or cyclic N) is 1. The van der Waals surface area contributed by atoms with Crippen LogP contribution >= 0.6 is 0 Å². The van der Waals surface area contributed by atoms with Crippen LogP contribution in [-0.2, 0) is 4.74 Å². The summed E-state index contributed by atoms with van der Waals surface area (Å²) in [6.45, 7) is 5.89. The van der Waals surface area contributed by atoms with E-state index in [1.807, 2.05) is 13.8 Å². The van der Waals surface area contributed by atoms with Crippen molar-refractivity contribution in [2.75, 3.05) is 26.4 Å². The second kappa shape index (κ2) is 6.55. The van der Waals surface area contributed by atoms with Gasteiger partial charge in [-0.2, -0.15) is 0 Å². The minimum Gasteiger partial charge on any atom is -0.396 e. The van der Waals surface area contributed by atoms with Gasteiger partial charge in [-0.1, -0.05) is 0 Å².